The highest BCUT2D eigenvalue weighted by Crippen LogP contribution is 2.19. The van der Waals surface area contributed by atoms with Crippen LogP contribution in [-0.2, 0) is 13.0 Å². The molecule has 3 rings (SSSR count). The van der Waals surface area contributed by atoms with Gasteiger partial charge >= 0.3 is 0 Å². The molecule has 4 heteroatoms. The van der Waals surface area contributed by atoms with Crippen molar-refractivity contribution < 1.29 is 0 Å². The van der Waals surface area contributed by atoms with Crippen molar-refractivity contribution in [1.82, 2.24) is 4.98 Å². The number of aromatic nitrogens is 1. The summed E-state index contributed by atoms with van der Waals surface area (Å²) < 4.78 is 0. The van der Waals surface area contributed by atoms with Crippen molar-refractivity contribution >= 4 is 11.6 Å². The van der Waals surface area contributed by atoms with E-state index < -0.39 is 0 Å². The van der Waals surface area contributed by atoms with Crippen molar-refractivity contribution in [2.24, 2.45) is 10.7 Å². The summed E-state index contributed by atoms with van der Waals surface area (Å²) in [5.41, 5.74) is 11.6. The fourth-order valence-electron chi connectivity index (χ4n) is 2.62. The summed E-state index contributed by atoms with van der Waals surface area (Å²) >= 11 is 0. The van der Waals surface area contributed by atoms with Crippen molar-refractivity contribution in [2.75, 3.05) is 5.32 Å². The normalized spacial score (nSPS) is 11.3. The number of aryl methyl sites for hydroxylation is 1. The topological polar surface area (TPSA) is 63.3 Å². The lowest BCUT2D eigenvalue weighted by Gasteiger charge is -2.08. The van der Waals surface area contributed by atoms with E-state index in [1.54, 1.807) is 6.20 Å². The van der Waals surface area contributed by atoms with Crippen LogP contribution in [0.3, 0.4) is 0 Å². The van der Waals surface area contributed by atoms with E-state index in [0.29, 0.717) is 12.5 Å². The number of benzene rings is 2. The van der Waals surface area contributed by atoms with Gasteiger partial charge in [-0.05, 0) is 52.9 Å². The van der Waals surface area contributed by atoms with Crippen LogP contribution in [0, 0.1) is 0 Å². The third-order valence-corrected chi connectivity index (χ3v) is 3.96. The van der Waals surface area contributed by atoms with E-state index in [-0.39, 0.29) is 0 Å². The van der Waals surface area contributed by atoms with E-state index in [9.17, 15) is 0 Å². The van der Waals surface area contributed by atoms with Gasteiger partial charge in [-0.2, -0.15) is 0 Å². The van der Waals surface area contributed by atoms with Gasteiger partial charge in [-0.15, -0.1) is 0 Å². The van der Waals surface area contributed by atoms with Crippen LogP contribution in [0.25, 0.3) is 11.1 Å². The standard InChI is InChI=1S/C21H22N4/c1-2-16-6-4-10-20(13-16)25-21(22)24-14-17-7-3-8-18(12-17)19-9-5-11-23-15-19/h3-13,15H,2,14H2,1H3,(H3,22,24,25). The van der Waals surface area contributed by atoms with Gasteiger partial charge in [0, 0.05) is 18.1 Å². The molecule has 0 atom stereocenters. The number of aliphatic imine (C=N–C) groups is 1. The summed E-state index contributed by atoms with van der Waals surface area (Å²) in [6, 6.07) is 20.5. The average Bonchev–Trinajstić information content (AvgIpc) is 2.67. The average molecular weight is 330 g/mol. The fraction of sp³-hybridized carbons (Fsp3) is 0.143. The number of anilines is 1. The molecule has 126 valence electrons. The summed E-state index contributed by atoms with van der Waals surface area (Å²) in [5.74, 6) is 0.417. The van der Waals surface area contributed by atoms with E-state index >= 15 is 0 Å². The molecule has 1 aromatic heterocycles. The smallest absolute Gasteiger partial charge is 0.193 e. The Morgan fingerprint density at radius 3 is 2.60 bits per heavy atom. The summed E-state index contributed by atoms with van der Waals surface area (Å²) in [6.07, 6.45) is 4.63. The molecule has 0 bridgehead atoms. The highest BCUT2D eigenvalue weighted by Gasteiger charge is 2.00. The van der Waals surface area contributed by atoms with Crippen molar-refractivity contribution in [1.29, 1.82) is 0 Å². The van der Waals surface area contributed by atoms with E-state index in [2.05, 4.69) is 46.5 Å². The minimum atomic E-state index is 0.417. The maximum absolute atomic E-state index is 6.02. The first-order valence-corrected chi connectivity index (χ1v) is 8.40. The fourth-order valence-corrected chi connectivity index (χ4v) is 2.62. The Morgan fingerprint density at radius 2 is 1.80 bits per heavy atom. The monoisotopic (exact) mass is 330 g/mol. The highest BCUT2D eigenvalue weighted by atomic mass is 15.1. The van der Waals surface area contributed by atoms with Crippen LogP contribution in [0.1, 0.15) is 18.1 Å². The minimum absolute atomic E-state index is 0.417. The molecule has 0 saturated carbocycles. The summed E-state index contributed by atoms with van der Waals surface area (Å²) in [7, 11) is 0. The molecule has 1 heterocycles. The van der Waals surface area contributed by atoms with Gasteiger partial charge in [0.1, 0.15) is 0 Å². The lowest BCUT2D eigenvalue weighted by Crippen LogP contribution is -2.22. The second-order valence-corrected chi connectivity index (χ2v) is 5.82. The molecule has 25 heavy (non-hydrogen) atoms. The maximum atomic E-state index is 6.02. The van der Waals surface area contributed by atoms with Gasteiger partial charge in [-0.3, -0.25) is 4.98 Å². The Morgan fingerprint density at radius 1 is 1.00 bits per heavy atom. The van der Waals surface area contributed by atoms with Gasteiger partial charge in [0.05, 0.1) is 6.54 Å². The van der Waals surface area contributed by atoms with Crippen molar-refractivity contribution in [3.63, 3.8) is 0 Å². The zero-order valence-corrected chi connectivity index (χ0v) is 14.3. The van der Waals surface area contributed by atoms with Crippen LogP contribution in [0.4, 0.5) is 5.69 Å². The quantitative estimate of drug-likeness (QED) is 0.543. The molecule has 4 nitrogen and oxygen atoms in total. The molecule has 0 amide bonds. The number of rotatable bonds is 5. The lowest BCUT2D eigenvalue weighted by molar-refractivity contribution is 1.06. The lowest BCUT2D eigenvalue weighted by atomic mass is 10.1. The van der Waals surface area contributed by atoms with E-state index in [1.807, 2.05) is 42.6 Å². The van der Waals surface area contributed by atoms with Crippen molar-refractivity contribution in [3.8, 4) is 11.1 Å². The predicted octanol–water partition coefficient (Wildman–Crippen LogP) is 4.24. The second-order valence-electron chi connectivity index (χ2n) is 5.82. The molecule has 2 aromatic carbocycles. The third-order valence-electron chi connectivity index (χ3n) is 3.96. The van der Waals surface area contributed by atoms with Gasteiger partial charge in [0.15, 0.2) is 5.96 Å². The number of pyridine rings is 1. The van der Waals surface area contributed by atoms with Gasteiger partial charge < -0.3 is 11.1 Å². The Hall–Kier alpha value is -3.14. The first-order chi connectivity index (χ1) is 12.2. The van der Waals surface area contributed by atoms with Gasteiger partial charge in [-0.1, -0.05) is 43.3 Å². The molecule has 0 aliphatic heterocycles. The molecule has 0 aliphatic carbocycles. The number of hydrogen-bond donors (Lipinski definition) is 2. The molecule has 0 spiro atoms. The molecule has 0 aliphatic rings. The zero-order chi connectivity index (χ0) is 17.5. The summed E-state index contributed by atoms with van der Waals surface area (Å²) in [6.45, 7) is 2.66. The van der Waals surface area contributed by atoms with Gasteiger partial charge in [0.2, 0.25) is 0 Å². The number of hydrogen-bond acceptors (Lipinski definition) is 2. The number of nitrogens with two attached hydrogens (primary N) is 1. The molecule has 3 N–H and O–H groups in total. The maximum Gasteiger partial charge on any atom is 0.193 e. The molecule has 0 fully saturated rings. The van der Waals surface area contributed by atoms with Crippen molar-refractivity contribution in [2.45, 2.75) is 19.9 Å². The minimum Gasteiger partial charge on any atom is -0.370 e. The van der Waals surface area contributed by atoms with Gasteiger partial charge in [0.25, 0.3) is 0 Å². The van der Waals surface area contributed by atoms with E-state index in [0.717, 1.165) is 28.8 Å². The van der Waals surface area contributed by atoms with Crippen LogP contribution in [-0.4, -0.2) is 10.9 Å². The van der Waals surface area contributed by atoms with Crippen LogP contribution >= 0.6 is 0 Å². The van der Waals surface area contributed by atoms with Crippen LogP contribution in [0.5, 0.6) is 0 Å². The Kier molecular flexibility index (Phi) is 5.42. The first-order valence-electron chi connectivity index (χ1n) is 8.40. The molecule has 0 radical (unpaired) electrons. The zero-order valence-electron chi connectivity index (χ0n) is 14.3. The molecule has 0 saturated heterocycles. The Balaban J connectivity index is 1.68. The Labute approximate surface area is 148 Å². The van der Waals surface area contributed by atoms with Crippen LogP contribution < -0.4 is 11.1 Å². The van der Waals surface area contributed by atoms with Crippen LogP contribution in [0.15, 0.2) is 78.0 Å². The van der Waals surface area contributed by atoms with Crippen LogP contribution in [0.2, 0.25) is 0 Å². The van der Waals surface area contributed by atoms with E-state index in [1.165, 1.54) is 5.56 Å². The SMILES string of the molecule is CCc1cccc(NC(N)=NCc2cccc(-c3cccnc3)c2)c1. The van der Waals surface area contributed by atoms with Crippen molar-refractivity contribution in [3.05, 3.63) is 84.2 Å². The second kappa shape index (κ2) is 8.11. The molecular weight excluding hydrogens is 308 g/mol. The van der Waals surface area contributed by atoms with E-state index in [4.69, 9.17) is 5.73 Å². The number of guanidine groups is 1. The third kappa shape index (κ3) is 4.67. The molecule has 3 aromatic rings. The first kappa shape index (κ1) is 16.7. The van der Waals surface area contributed by atoms with Gasteiger partial charge in [-0.25, -0.2) is 4.99 Å². The number of nitrogens with one attached hydrogen (secondary N) is 1. The summed E-state index contributed by atoms with van der Waals surface area (Å²) in [5, 5.41) is 3.15. The molecular formula is C21H22N4. The molecule has 0 unspecified atom stereocenters. The predicted molar refractivity (Wildman–Crippen MR) is 104 cm³/mol. The number of nitrogens with zero attached hydrogens (tertiary/aromatic N) is 2. The summed E-state index contributed by atoms with van der Waals surface area (Å²) in [4.78, 5) is 8.62. The highest BCUT2D eigenvalue weighted by molar-refractivity contribution is 5.92. The Bertz CT molecular complexity index is 857. The largest absolute Gasteiger partial charge is 0.370 e.